The minimum Gasteiger partial charge on any atom is -0.393 e. The van der Waals surface area contributed by atoms with Gasteiger partial charge in [0.15, 0.2) is 0 Å². The van der Waals surface area contributed by atoms with Crippen LogP contribution in [0.5, 0.6) is 0 Å². The van der Waals surface area contributed by atoms with Gasteiger partial charge in [0.1, 0.15) is 0 Å². The van der Waals surface area contributed by atoms with E-state index in [1.165, 1.54) is 25.1 Å². The predicted molar refractivity (Wildman–Crippen MR) is 75.8 cm³/mol. The van der Waals surface area contributed by atoms with Crippen molar-refractivity contribution in [2.75, 3.05) is 19.6 Å². The molecule has 2 unspecified atom stereocenters. The van der Waals surface area contributed by atoms with Crippen molar-refractivity contribution in [1.82, 2.24) is 4.90 Å². The maximum Gasteiger partial charge on any atom is 0.0538 e. The topological polar surface area (TPSA) is 23.5 Å². The number of hydrogen-bond acceptors (Lipinski definition) is 2. The van der Waals surface area contributed by atoms with E-state index in [1.54, 1.807) is 0 Å². The summed E-state index contributed by atoms with van der Waals surface area (Å²) in [5.41, 5.74) is 1.48. The predicted octanol–water partition coefficient (Wildman–Crippen LogP) is 3.03. The number of aliphatic hydroxyl groups is 1. The third kappa shape index (κ3) is 3.82. The van der Waals surface area contributed by atoms with Gasteiger partial charge in [0.05, 0.1) is 6.10 Å². The lowest BCUT2D eigenvalue weighted by Crippen LogP contribution is -2.22. The Balaban J connectivity index is 1.72. The zero-order chi connectivity index (χ0) is 12.8. The standard InChI is InChI=1S/C16H25NO/c1-2-16(18)9-6-11-17-12-10-15(13-17)14-7-4-3-5-8-14/h3-5,7-8,15-16,18H,2,6,9-13H2,1H3. The summed E-state index contributed by atoms with van der Waals surface area (Å²) >= 11 is 0. The quantitative estimate of drug-likeness (QED) is 0.835. The molecule has 0 spiro atoms. The van der Waals surface area contributed by atoms with Gasteiger partial charge in [-0.05, 0) is 50.3 Å². The van der Waals surface area contributed by atoms with E-state index in [0.29, 0.717) is 5.92 Å². The van der Waals surface area contributed by atoms with Crippen LogP contribution in [0.25, 0.3) is 0 Å². The van der Waals surface area contributed by atoms with E-state index in [-0.39, 0.29) is 6.10 Å². The molecular formula is C16H25NO. The summed E-state index contributed by atoms with van der Waals surface area (Å²) in [7, 11) is 0. The van der Waals surface area contributed by atoms with E-state index >= 15 is 0 Å². The maximum atomic E-state index is 9.54. The molecule has 1 saturated heterocycles. The van der Waals surface area contributed by atoms with E-state index in [1.807, 2.05) is 6.92 Å². The van der Waals surface area contributed by atoms with Gasteiger partial charge in [0.2, 0.25) is 0 Å². The normalized spacial score (nSPS) is 22.2. The summed E-state index contributed by atoms with van der Waals surface area (Å²) in [4.78, 5) is 2.54. The summed E-state index contributed by atoms with van der Waals surface area (Å²) in [5.74, 6) is 0.710. The second-order valence-electron chi connectivity index (χ2n) is 5.40. The molecule has 1 aliphatic rings. The Hall–Kier alpha value is -0.860. The van der Waals surface area contributed by atoms with Crippen LogP contribution in [0.1, 0.15) is 44.1 Å². The van der Waals surface area contributed by atoms with Gasteiger partial charge >= 0.3 is 0 Å². The summed E-state index contributed by atoms with van der Waals surface area (Å²) in [6, 6.07) is 10.8. The Morgan fingerprint density at radius 2 is 2.11 bits per heavy atom. The Labute approximate surface area is 111 Å². The molecule has 1 fully saturated rings. The third-order valence-electron chi connectivity index (χ3n) is 4.03. The van der Waals surface area contributed by atoms with E-state index in [4.69, 9.17) is 0 Å². The molecule has 0 bridgehead atoms. The van der Waals surface area contributed by atoms with Gasteiger partial charge < -0.3 is 10.0 Å². The molecular weight excluding hydrogens is 222 g/mol. The average Bonchev–Trinajstić information content (AvgIpc) is 2.88. The molecule has 0 aliphatic carbocycles. The van der Waals surface area contributed by atoms with Gasteiger partial charge in [0.25, 0.3) is 0 Å². The van der Waals surface area contributed by atoms with E-state index in [9.17, 15) is 5.11 Å². The second-order valence-corrected chi connectivity index (χ2v) is 5.40. The van der Waals surface area contributed by atoms with Crippen molar-refractivity contribution in [3.8, 4) is 0 Å². The number of aliphatic hydroxyl groups excluding tert-OH is 1. The van der Waals surface area contributed by atoms with Crippen LogP contribution in [-0.2, 0) is 0 Å². The van der Waals surface area contributed by atoms with Crippen molar-refractivity contribution in [1.29, 1.82) is 0 Å². The molecule has 2 rings (SSSR count). The average molecular weight is 247 g/mol. The first-order valence-electron chi connectivity index (χ1n) is 7.25. The van der Waals surface area contributed by atoms with Gasteiger partial charge in [-0.15, -0.1) is 0 Å². The highest BCUT2D eigenvalue weighted by atomic mass is 16.3. The van der Waals surface area contributed by atoms with Crippen LogP contribution in [0.2, 0.25) is 0 Å². The van der Waals surface area contributed by atoms with Crippen molar-refractivity contribution in [3.63, 3.8) is 0 Å². The Bertz CT molecular complexity index is 338. The highest BCUT2D eigenvalue weighted by molar-refractivity contribution is 5.20. The van der Waals surface area contributed by atoms with Crippen molar-refractivity contribution in [2.45, 2.75) is 44.6 Å². The Morgan fingerprint density at radius 3 is 2.83 bits per heavy atom. The minimum absolute atomic E-state index is 0.0995. The van der Waals surface area contributed by atoms with Crippen LogP contribution >= 0.6 is 0 Å². The smallest absolute Gasteiger partial charge is 0.0538 e. The molecule has 1 heterocycles. The Kier molecular flexibility index (Phi) is 5.21. The summed E-state index contributed by atoms with van der Waals surface area (Å²) < 4.78 is 0. The number of hydrogen-bond donors (Lipinski definition) is 1. The van der Waals surface area contributed by atoms with Crippen LogP contribution in [0.3, 0.4) is 0 Å². The zero-order valence-electron chi connectivity index (χ0n) is 11.4. The van der Waals surface area contributed by atoms with Crippen molar-refractivity contribution in [2.24, 2.45) is 0 Å². The molecule has 2 nitrogen and oxygen atoms in total. The highest BCUT2D eigenvalue weighted by Gasteiger charge is 2.23. The molecule has 0 amide bonds. The fraction of sp³-hybridized carbons (Fsp3) is 0.625. The second kappa shape index (κ2) is 6.91. The maximum absolute atomic E-state index is 9.54. The van der Waals surface area contributed by atoms with Gasteiger partial charge in [-0.1, -0.05) is 37.3 Å². The number of rotatable bonds is 6. The summed E-state index contributed by atoms with van der Waals surface area (Å²) in [6.45, 7) is 5.58. The number of benzene rings is 1. The zero-order valence-corrected chi connectivity index (χ0v) is 11.4. The molecule has 1 aromatic rings. The fourth-order valence-corrected chi connectivity index (χ4v) is 2.79. The van der Waals surface area contributed by atoms with Gasteiger partial charge in [-0.25, -0.2) is 0 Å². The fourth-order valence-electron chi connectivity index (χ4n) is 2.79. The van der Waals surface area contributed by atoms with E-state index in [2.05, 4.69) is 35.2 Å². The molecule has 0 aromatic heterocycles. The summed E-state index contributed by atoms with van der Waals surface area (Å²) in [5, 5.41) is 9.54. The highest BCUT2D eigenvalue weighted by Crippen LogP contribution is 2.26. The molecule has 100 valence electrons. The van der Waals surface area contributed by atoms with Crippen molar-refractivity contribution in [3.05, 3.63) is 35.9 Å². The SMILES string of the molecule is CCC(O)CCCN1CCC(c2ccccc2)C1. The van der Waals surface area contributed by atoms with Crippen molar-refractivity contribution >= 4 is 0 Å². The molecule has 1 aromatic carbocycles. The third-order valence-corrected chi connectivity index (χ3v) is 4.03. The van der Waals surface area contributed by atoms with Crippen LogP contribution in [0.4, 0.5) is 0 Å². The minimum atomic E-state index is -0.0995. The van der Waals surface area contributed by atoms with Crippen LogP contribution in [0.15, 0.2) is 30.3 Å². The largest absolute Gasteiger partial charge is 0.393 e. The molecule has 0 radical (unpaired) electrons. The number of nitrogens with zero attached hydrogens (tertiary/aromatic N) is 1. The lowest BCUT2D eigenvalue weighted by molar-refractivity contribution is 0.152. The van der Waals surface area contributed by atoms with Crippen LogP contribution < -0.4 is 0 Å². The first-order valence-corrected chi connectivity index (χ1v) is 7.25. The van der Waals surface area contributed by atoms with Gasteiger partial charge in [-0.3, -0.25) is 0 Å². The molecule has 2 atom stereocenters. The van der Waals surface area contributed by atoms with Crippen LogP contribution in [0, 0.1) is 0 Å². The lowest BCUT2D eigenvalue weighted by Gasteiger charge is -2.17. The molecule has 18 heavy (non-hydrogen) atoms. The van der Waals surface area contributed by atoms with Crippen LogP contribution in [-0.4, -0.2) is 35.7 Å². The molecule has 1 aliphatic heterocycles. The first-order chi connectivity index (χ1) is 8.79. The first kappa shape index (κ1) is 13.6. The lowest BCUT2D eigenvalue weighted by atomic mass is 9.99. The van der Waals surface area contributed by atoms with E-state index in [0.717, 1.165) is 25.8 Å². The Morgan fingerprint density at radius 1 is 1.33 bits per heavy atom. The van der Waals surface area contributed by atoms with E-state index < -0.39 is 0 Å². The molecule has 0 saturated carbocycles. The summed E-state index contributed by atoms with van der Waals surface area (Å²) in [6.07, 6.45) is 4.13. The van der Waals surface area contributed by atoms with Gasteiger partial charge in [0, 0.05) is 6.54 Å². The van der Waals surface area contributed by atoms with Gasteiger partial charge in [-0.2, -0.15) is 0 Å². The van der Waals surface area contributed by atoms with Crippen molar-refractivity contribution < 1.29 is 5.11 Å². The monoisotopic (exact) mass is 247 g/mol. The molecule has 2 heteroatoms. The number of likely N-dealkylation sites (tertiary alicyclic amines) is 1. The molecule has 1 N–H and O–H groups in total.